The summed E-state index contributed by atoms with van der Waals surface area (Å²) in [7, 11) is 0. The first kappa shape index (κ1) is 13.3. The van der Waals surface area contributed by atoms with Crippen LogP contribution < -0.4 is 0 Å². The van der Waals surface area contributed by atoms with Gasteiger partial charge in [0.25, 0.3) is 0 Å². The van der Waals surface area contributed by atoms with Crippen LogP contribution in [-0.4, -0.2) is 5.78 Å². The van der Waals surface area contributed by atoms with E-state index in [9.17, 15) is 9.18 Å². The molecule has 1 aromatic heterocycles. The standard InChI is InChI=1S/C17H19FO2/c1-2-11-6-8-12(9-7-11)16(19)15-10-13-4-3-5-14(18)17(13)20-15/h3-5,10-12H,2,6-9H2,1H3. The Bertz CT molecular complexity index is 621. The monoisotopic (exact) mass is 274 g/mol. The molecule has 0 N–H and O–H groups in total. The van der Waals surface area contributed by atoms with E-state index in [0.29, 0.717) is 11.1 Å². The predicted molar refractivity (Wildman–Crippen MR) is 76.2 cm³/mol. The molecule has 0 amide bonds. The summed E-state index contributed by atoms with van der Waals surface area (Å²) in [6, 6.07) is 6.43. The fourth-order valence-electron chi connectivity index (χ4n) is 3.18. The molecule has 1 aliphatic rings. The number of ketones is 1. The zero-order valence-corrected chi connectivity index (χ0v) is 11.7. The Morgan fingerprint density at radius 2 is 2.05 bits per heavy atom. The summed E-state index contributed by atoms with van der Waals surface area (Å²) in [6.07, 6.45) is 5.27. The van der Waals surface area contributed by atoms with Crippen LogP contribution in [0.25, 0.3) is 11.0 Å². The number of furan rings is 1. The molecule has 2 aromatic rings. The molecule has 1 heterocycles. The van der Waals surface area contributed by atoms with Gasteiger partial charge in [-0.15, -0.1) is 0 Å². The third kappa shape index (κ3) is 2.37. The van der Waals surface area contributed by atoms with Crippen LogP contribution in [0.5, 0.6) is 0 Å². The quantitative estimate of drug-likeness (QED) is 0.739. The second kappa shape index (κ2) is 5.39. The zero-order chi connectivity index (χ0) is 14.1. The molecule has 0 atom stereocenters. The number of hydrogen-bond donors (Lipinski definition) is 0. The molecule has 1 aliphatic carbocycles. The highest BCUT2D eigenvalue weighted by atomic mass is 19.1. The van der Waals surface area contributed by atoms with E-state index < -0.39 is 5.82 Å². The second-order valence-electron chi connectivity index (χ2n) is 5.76. The van der Waals surface area contributed by atoms with E-state index in [2.05, 4.69) is 6.92 Å². The third-order valence-corrected chi connectivity index (χ3v) is 4.53. The van der Waals surface area contributed by atoms with Crippen LogP contribution in [0.4, 0.5) is 4.39 Å². The van der Waals surface area contributed by atoms with Crippen LogP contribution in [0.1, 0.15) is 49.6 Å². The summed E-state index contributed by atoms with van der Waals surface area (Å²) in [5.41, 5.74) is 0.193. The number of rotatable bonds is 3. The minimum absolute atomic E-state index is 0.0372. The number of para-hydroxylation sites is 1. The van der Waals surface area contributed by atoms with Crippen LogP contribution in [0.3, 0.4) is 0 Å². The first-order valence-electron chi connectivity index (χ1n) is 7.41. The smallest absolute Gasteiger partial charge is 0.201 e. The molecule has 0 radical (unpaired) electrons. The number of benzene rings is 1. The first-order chi connectivity index (χ1) is 9.69. The van der Waals surface area contributed by atoms with Crippen molar-refractivity contribution in [2.45, 2.75) is 39.0 Å². The van der Waals surface area contributed by atoms with Crippen molar-refractivity contribution in [1.29, 1.82) is 0 Å². The van der Waals surface area contributed by atoms with Crippen molar-refractivity contribution < 1.29 is 13.6 Å². The van der Waals surface area contributed by atoms with E-state index in [1.807, 2.05) is 0 Å². The maximum absolute atomic E-state index is 13.6. The molecule has 1 fully saturated rings. The topological polar surface area (TPSA) is 30.2 Å². The van der Waals surface area contributed by atoms with Gasteiger partial charge in [0.1, 0.15) is 0 Å². The van der Waals surface area contributed by atoms with Crippen LogP contribution in [0.15, 0.2) is 28.7 Å². The molecule has 106 valence electrons. The van der Waals surface area contributed by atoms with Crippen molar-refractivity contribution in [3.8, 4) is 0 Å². The molecule has 0 aliphatic heterocycles. The summed E-state index contributed by atoms with van der Waals surface area (Å²) in [4.78, 5) is 12.5. The molecule has 2 nitrogen and oxygen atoms in total. The molecule has 0 bridgehead atoms. The average molecular weight is 274 g/mol. The summed E-state index contributed by atoms with van der Waals surface area (Å²) in [5.74, 6) is 0.741. The molecule has 0 spiro atoms. The number of carbonyl (C=O) groups excluding carboxylic acids is 1. The van der Waals surface area contributed by atoms with E-state index >= 15 is 0 Å². The van der Waals surface area contributed by atoms with Gasteiger partial charge >= 0.3 is 0 Å². The lowest BCUT2D eigenvalue weighted by Crippen LogP contribution is -2.21. The number of carbonyl (C=O) groups is 1. The van der Waals surface area contributed by atoms with Gasteiger partial charge in [0, 0.05) is 11.3 Å². The third-order valence-electron chi connectivity index (χ3n) is 4.53. The van der Waals surface area contributed by atoms with Crippen molar-refractivity contribution in [2.24, 2.45) is 11.8 Å². The normalized spacial score (nSPS) is 23.1. The lowest BCUT2D eigenvalue weighted by molar-refractivity contribution is 0.0844. The van der Waals surface area contributed by atoms with Gasteiger partial charge in [0.2, 0.25) is 5.78 Å². The largest absolute Gasteiger partial charge is 0.450 e. The average Bonchev–Trinajstić information content (AvgIpc) is 2.92. The van der Waals surface area contributed by atoms with Crippen LogP contribution in [-0.2, 0) is 0 Å². The molecule has 3 heteroatoms. The van der Waals surface area contributed by atoms with E-state index in [0.717, 1.165) is 31.6 Å². The summed E-state index contributed by atoms with van der Waals surface area (Å²) in [5, 5.41) is 0.663. The van der Waals surface area contributed by atoms with Crippen molar-refractivity contribution in [3.05, 3.63) is 35.8 Å². The molecule has 0 saturated heterocycles. The maximum atomic E-state index is 13.6. The van der Waals surface area contributed by atoms with E-state index in [1.165, 1.54) is 12.5 Å². The minimum atomic E-state index is -0.406. The predicted octanol–water partition coefficient (Wildman–Crippen LogP) is 4.97. The Morgan fingerprint density at radius 1 is 1.30 bits per heavy atom. The highest BCUT2D eigenvalue weighted by Gasteiger charge is 2.28. The van der Waals surface area contributed by atoms with E-state index in [-0.39, 0.29) is 17.3 Å². The lowest BCUT2D eigenvalue weighted by Gasteiger charge is -2.26. The van der Waals surface area contributed by atoms with Crippen molar-refractivity contribution >= 4 is 16.8 Å². The van der Waals surface area contributed by atoms with Crippen molar-refractivity contribution in [1.82, 2.24) is 0 Å². The Labute approximate surface area is 118 Å². The summed E-state index contributed by atoms with van der Waals surface area (Å²) >= 11 is 0. The van der Waals surface area contributed by atoms with E-state index in [1.54, 1.807) is 18.2 Å². The van der Waals surface area contributed by atoms with Crippen LogP contribution >= 0.6 is 0 Å². The molecule has 1 saturated carbocycles. The minimum Gasteiger partial charge on any atom is -0.450 e. The first-order valence-corrected chi connectivity index (χ1v) is 7.41. The van der Waals surface area contributed by atoms with Gasteiger partial charge in [-0.25, -0.2) is 4.39 Å². The van der Waals surface area contributed by atoms with Gasteiger partial charge in [0.15, 0.2) is 17.2 Å². The fraction of sp³-hybridized carbons (Fsp3) is 0.471. The highest BCUT2D eigenvalue weighted by molar-refractivity contribution is 5.99. The SMILES string of the molecule is CCC1CCC(C(=O)c2cc3cccc(F)c3o2)CC1. The summed E-state index contributed by atoms with van der Waals surface area (Å²) in [6.45, 7) is 2.20. The Balaban J connectivity index is 1.81. The molecule has 3 rings (SSSR count). The highest BCUT2D eigenvalue weighted by Crippen LogP contribution is 2.33. The van der Waals surface area contributed by atoms with Gasteiger partial charge in [0.05, 0.1) is 0 Å². The number of fused-ring (bicyclic) bond motifs is 1. The second-order valence-corrected chi connectivity index (χ2v) is 5.76. The molecule has 1 aromatic carbocycles. The van der Waals surface area contributed by atoms with Crippen molar-refractivity contribution in [2.75, 3.05) is 0 Å². The number of hydrogen-bond acceptors (Lipinski definition) is 2. The molecular weight excluding hydrogens is 255 g/mol. The maximum Gasteiger partial charge on any atom is 0.201 e. The fourth-order valence-corrected chi connectivity index (χ4v) is 3.18. The number of halogens is 1. The van der Waals surface area contributed by atoms with Gasteiger partial charge < -0.3 is 4.42 Å². The van der Waals surface area contributed by atoms with Crippen LogP contribution in [0.2, 0.25) is 0 Å². The van der Waals surface area contributed by atoms with Crippen molar-refractivity contribution in [3.63, 3.8) is 0 Å². The Morgan fingerprint density at radius 3 is 2.70 bits per heavy atom. The molecule has 20 heavy (non-hydrogen) atoms. The van der Waals surface area contributed by atoms with E-state index in [4.69, 9.17) is 4.42 Å². The number of Topliss-reactive ketones (excluding diaryl/α,β-unsaturated/α-hetero) is 1. The van der Waals surface area contributed by atoms with Gasteiger partial charge in [-0.2, -0.15) is 0 Å². The van der Waals surface area contributed by atoms with Gasteiger partial charge in [-0.1, -0.05) is 25.5 Å². The Hall–Kier alpha value is -1.64. The van der Waals surface area contributed by atoms with Gasteiger partial charge in [-0.3, -0.25) is 4.79 Å². The molecule has 0 unspecified atom stereocenters. The summed E-state index contributed by atoms with van der Waals surface area (Å²) < 4.78 is 19.0. The lowest BCUT2D eigenvalue weighted by atomic mass is 9.78. The molecular formula is C17H19FO2. The van der Waals surface area contributed by atoms with Crippen LogP contribution in [0, 0.1) is 17.7 Å². The van der Waals surface area contributed by atoms with Gasteiger partial charge in [-0.05, 0) is 43.7 Å². The Kier molecular flexibility index (Phi) is 3.60. The zero-order valence-electron chi connectivity index (χ0n) is 11.7.